The molecular weight excluding hydrogens is 244 g/mol. The summed E-state index contributed by atoms with van der Waals surface area (Å²) in [6.07, 6.45) is 0.887. The molecule has 0 atom stereocenters. The Labute approximate surface area is 113 Å². The zero-order valence-corrected chi connectivity index (χ0v) is 11.7. The Bertz CT molecular complexity index is 424. The lowest BCUT2D eigenvalue weighted by Crippen LogP contribution is -2.46. The first-order valence-electron chi connectivity index (χ1n) is 6.78. The fraction of sp³-hybridized carbons (Fsp3) is 0.692. The number of rotatable bonds is 4. The number of carbonyl (C=O) groups is 1. The molecule has 0 saturated carbocycles. The average molecular weight is 266 g/mol. The third kappa shape index (κ3) is 3.96. The summed E-state index contributed by atoms with van der Waals surface area (Å²) in [5, 5.41) is 7.33. The summed E-state index contributed by atoms with van der Waals surface area (Å²) in [7, 11) is 0. The molecule has 6 nitrogen and oxygen atoms in total. The number of carbonyl (C=O) groups excluding carboxylic acids is 1. The van der Waals surface area contributed by atoms with E-state index < -0.39 is 0 Å². The minimum Gasteiger partial charge on any atom is -0.378 e. The summed E-state index contributed by atoms with van der Waals surface area (Å²) in [4.78, 5) is 13.6. The third-order valence-electron chi connectivity index (χ3n) is 3.22. The lowest BCUT2D eigenvalue weighted by molar-refractivity contribution is 0.0532. The Morgan fingerprint density at radius 3 is 2.79 bits per heavy atom. The highest BCUT2D eigenvalue weighted by Crippen LogP contribution is 2.02. The van der Waals surface area contributed by atoms with Gasteiger partial charge in [-0.25, -0.2) is 4.79 Å². The first kappa shape index (κ1) is 13.9. The van der Waals surface area contributed by atoms with Gasteiger partial charge in [0.05, 0.1) is 18.9 Å². The van der Waals surface area contributed by atoms with Gasteiger partial charge < -0.3 is 15.0 Å². The highest BCUT2D eigenvalue weighted by atomic mass is 16.5. The quantitative estimate of drug-likeness (QED) is 0.825. The van der Waals surface area contributed by atoms with Gasteiger partial charge in [0.15, 0.2) is 0 Å². The molecule has 0 aromatic carbocycles. The Morgan fingerprint density at radius 2 is 2.16 bits per heavy atom. The summed E-state index contributed by atoms with van der Waals surface area (Å²) < 4.78 is 7.20. The minimum atomic E-state index is 0.0108. The number of nitrogens with one attached hydrogen (secondary N) is 1. The molecule has 2 rings (SSSR count). The van der Waals surface area contributed by atoms with Crippen molar-refractivity contribution in [3.8, 4) is 0 Å². The van der Waals surface area contributed by atoms with E-state index in [0.717, 1.165) is 24.4 Å². The second kappa shape index (κ2) is 6.56. The zero-order valence-electron chi connectivity index (χ0n) is 11.7. The first-order chi connectivity index (χ1) is 9.16. The molecule has 1 aromatic rings. The van der Waals surface area contributed by atoms with Crippen LogP contribution in [0.3, 0.4) is 0 Å². The van der Waals surface area contributed by atoms with Crippen LogP contribution in [0.25, 0.3) is 0 Å². The van der Waals surface area contributed by atoms with Crippen LogP contribution in [0, 0.1) is 13.8 Å². The topological polar surface area (TPSA) is 59.4 Å². The number of amides is 2. The Morgan fingerprint density at radius 1 is 1.42 bits per heavy atom. The standard InChI is InChI=1S/C13H22N4O2/c1-11-10-12(2)17(15-11)5-3-4-14-13(18)16-6-8-19-9-7-16/h10H,3-9H2,1-2H3,(H,14,18). The van der Waals surface area contributed by atoms with Gasteiger partial charge in [-0.1, -0.05) is 0 Å². The van der Waals surface area contributed by atoms with Crippen LogP contribution in [0.15, 0.2) is 6.07 Å². The van der Waals surface area contributed by atoms with Crippen LogP contribution in [0.1, 0.15) is 17.8 Å². The fourth-order valence-corrected chi connectivity index (χ4v) is 2.20. The molecule has 0 bridgehead atoms. The van der Waals surface area contributed by atoms with Gasteiger partial charge >= 0.3 is 6.03 Å². The van der Waals surface area contributed by atoms with E-state index in [9.17, 15) is 4.79 Å². The molecule has 1 N–H and O–H groups in total. The number of aryl methyl sites for hydroxylation is 3. The number of hydrogen-bond donors (Lipinski definition) is 1. The summed E-state index contributed by atoms with van der Waals surface area (Å²) in [6.45, 7) is 8.19. The maximum Gasteiger partial charge on any atom is 0.317 e. The monoisotopic (exact) mass is 266 g/mol. The maximum atomic E-state index is 11.8. The van der Waals surface area contributed by atoms with Gasteiger partial charge in [-0.15, -0.1) is 0 Å². The summed E-state index contributed by atoms with van der Waals surface area (Å²) in [6, 6.07) is 2.07. The molecular formula is C13H22N4O2. The average Bonchev–Trinajstić information content (AvgIpc) is 2.74. The molecule has 2 heterocycles. The van der Waals surface area contributed by atoms with Crippen molar-refractivity contribution in [3.63, 3.8) is 0 Å². The Balaban J connectivity index is 1.66. The summed E-state index contributed by atoms with van der Waals surface area (Å²) >= 11 is 0. The summed E-state index contributed by atoms with van der Waals surface area (Å²) in [5.74, 6) is 0. The van der Waals surface area contributed by atoms with Crippen molar-refractivity contribution in [2.45, 2.75) is 26.8 Å². The molecule has 2 amide bonds. The number of urea groups is 1. The molecule has 1 fully saturated rings. The number of hydrogen-bond acceptors (Lipinski definition) is 3. The van der Waals surface area contributed by atoms with Gasteiger partial charge in [-0.3, -0.25) is 4.68 Å². The molecule has 0 spiro atoms. The van der Waals surface area contributed by atoms with Crippen molar-refractivity contribution in [3.05, 3.63) is 17.5 Å². The molecule has 19 heavy (non-hydrogen) atoms. The highest BCUT2D eigenvalue weighted by Gasteiger charge is 2.15. The molecule has 0 radical (unpaired) electrons. The van der Waals surface area contributed by atoms with Crippen LogP contribution < -0.4 is 5.32 Å². The van der Waals surface area contributed by atoms with Gasteiger partial charge in [0.2, 0.25) is 0 Å². The van der Waals surface area contributed by atoms with E-state index in [-0.39, 0.29) is 6.03 Å². The summed E-state index contributed by atoms with van der Waals surface area (Å²) in [5.41, 5.74) is 2.20. The van der Waals surface area contributed by atoms with E-state index in [1.165, 1.54) is 0 Å². The fourth-order valence-electron chi connectivity index (χ4n) is 2.20. The molecule has 1 saturated heterocycles. The van der Waals surface area contributed by atoms with Crippen molar-refractivity contribution >= 4 is 6.03 Å². The van der Waals surface area contributed by atoms with Gasteiger partial charge in [0, 0.05) is 31.9 Å². The lowest BCUT2D eigenvalue weighted by Gasteiger charge is -2.26. The van der Waals surface area contributed by atoms with Crippen molar-refractivity contribution in [1.29, 1.82) is 0 Å². The van der Waals surface area contributed by atoms with Crippen LogP contribution >= 0.6 is 0 Å². The Hall–Kier alpha value is -1.56. The van der Waals surface area contributed by atoms with E-state index in [4.69, 9.17) is 4.74 Å². The zero-order chi connectivity index (χ0) is 13.7. The molecule has 6 heteroatoms. The van der Waals surface area contributed by atoms with E-state index in [1.54, 1.807) is 4.90 Å². The van der Waals surface area contributed by atoms with Crippen LogP contribution in [-0.4, -0.2) is 53.6 Å². The molecule has 1 aliphatic heterocycles. The van der Waals surface area contributed by atoms with Crippen molar-refractivity contribution < 1.29 is 9.53 Å². The second-order valence-electron chi connectivity index (χ2n) is 4.84. The van der Waals surface area contributed by atoms with E-state index >= 15 is 0 Å². The van der Waals surface area contributed by atoms with E-state index in [0.29, 0.717) is 32.8 Å². The van der Waals surface area contributed by atoms with Crippen LogP contribution in [0.2, 0.25) is 0 Å². The molecule has 106 valence electrons. The lowest BCUT2D eigenvalue weighted by atomic mass is 10.4. The smallest absolute Gasteiger partial charge is 0.317 e. The first-order valence-corrected chi connectivity index (χ1v) is 6.78. The van der Waals surface area contributed by atoms with Gasteiger partial charge in [-0.05, 0) is 26.3 Å². The normalized spacial score (nSPS) is 15.6. The highest BCUT2D eigenvalue weighted by molar-refractivity contribution is 5.74. The number of ether oxygens (including phenoxy) is 1. The SMILES string of the molecule is Cc1cc(C)n(CCCNC(=O)N2CCOCC2)n1. The van der Waals surface area contributed by atoms with Crippen molar-refractivity contribution in [1.82, 2.24) is 20.0 Å². The second-order valence-corrected chi connectivity index (χ2v) is 4.84. The van der Waals surface area contributed by atoms with Gasteiger partial charge in [-0.2, -0.15) is 5.10 Å². The minimum absolute atomic E-state index is 0.0108. The van der Waals surface area contributed by atoms with Crippen molar-refractivity contribution in [2.24, 2.45) is 0 Å². The number of aromatic nitrogens is 2. The van der Waals surface area contributed by atoms with E-state index in [1.807, 2.05) is 18.5 Å². The predicted octanol–water partition coefficient (Wildman–Crippen LogP) is 0.932. The molecule has 0 unspecified atom stereocenters. The number of morpholine rings is 1. The molecule has 0 aliphatic carbocycles. The van der Waals surface area contributed by atoms with Crippen LogP contribution in [0.4, 0.5) is 4.79 Å². The van der Waals surface area contributed by atoms with Crippen LogP contribution in [0.5, 0.6) is 0 Å². The Kier molecular flexibility index (Phi) is 4.79. The van der Waals surface area contributed by atoms with Crippen molar-refractivity contribution in [2.75, 3.05) is 32.8 Å². The predicted molar refractivity (Wildman–Crippen MR) is 72.1 cm³/mol. The largest absolute Gasteiger partial charge is 0.378 e. The van der Waals surface area contributed by atoms with E-state index in [2.05, 4.69) is 16.5 Å². The van der Waals surface area contributed by atoms with Crippen LogP contribution in [-0.2, 0) is 11.3 Å². The number of nitrogens with zero attached hydrogens (tertiary/aromatic N) is 3. The third-order valence-corrected chi connectivity index (χ3v) is 3.22. The maximum absolute atomic E-state index is 11.8. The molecule has 1 aromatic heterocycles. The van der Waals surface area contributed by atoms with Gasteiger partial charge in [0.25, 0.3) is 0 Å². The van der Waals surface area contributed by atoms with Gasteiger partial charge in [0.1, 0.15) is 0 Å². The molecule has 1 aliphatic rings.